The second-order valence-corrected chi connectivity index (χ2v) is 16.8. The van der Waals surface area contributed by atoms with Gasteiger partial charge in [-0.05, 0) is 54.4 Å². The highest BCUT2D eigenvalue weighted by atomic mass is 32.2. The van der Waals surface area contributed by atoms with Crippen molar-refractivity contribution >= 4 is 29.5 Å². The summed E-state index contributed by atoms with van der Waals surface area (Å²) in [5.74, 6) is 0.262. The molecule has 1 saturated heterocycles. The molecule has 0 aromatic rings. The summed E-state index contributed by atoms with van der Waals surface area (Å²) in [6.45, 7) is 17.3. The SMILES string of the molecule is CC.CC(C)(C)S(C)(=O)=O.CCS(=O)(=O)C1CCOCC1.COCC(C)S(=O)(=O)C(C)C. The average molecular weight is 525 g/mol. The van der Waals surface area contributed by atoms with E-state index in [0.29, 0.717) is 26.1 Å². The quantitative estimate of drug-likeness (QED) is 0.519. The third kappa shape index (κ3) is 14.8. The summed E-state index contributed by atoms with van der Waals surface area (Å²) in [4.78, 5) is 0. The second-order valence-electron chi connectivity index (χ2n) is 8.55. The van der Waals surface area contributed by atoms with Gasteiger partial charge in [-0.15, -0.1) is 0 Å². The minimum Gasteiger partial charge on any atom is -0.383 e. The van der Waals surface area contributed by atoms with Crippen molar-refractivity contribution in [2.75, 3.05) is 38.9 Å². The van der Waals surface area contributed by atoms with Crippen molar-refractivity contribution in [3.8, 4) is 0 Å². The van der Waals surface area contributed by atoms with Crippen LogP contribution in [-0.4, -0.2) is 84.7 Å². The lowest BCUT2D eigenvalue weighted by Crippen LogP contribution is -2.29. The summed E-state index contributed by atoms with van der Waals surface area (Å²) < 4.78 is 75.8. The van der Waals surface area contributed by atoms with Gasteiger partial charge in [0.15, 0.2) is 29.5 Å². The third-order valence-electron chi connectivity index (χ3n) is 4.81. The molecule has 1 aliphatic heterocycles. The number of methoxy groups -OCH3 is 1. The van der Waals surface area contributed by atoms with Crippen molar-refractivity contribution in [1.82, 2.24) is 0 Å². The van der Waals surface area contributed by atoms with E-state index >= 15 is 0 Å². The largest absolute Gasteiger partial charge is 0.383 e. The van der Waals surface area contributed by atoms with Gasteiger partial charge in [0, 0.05) is 32.3 Å². The van der Waals surface area contributed by atoms with Gasteiger partial charge in [0.05, 0.1) is 27.1 Å². The highest BCUT2D eigenvalue weighted by Crippen LogP contribution is 2.16. The number of hydrogen-bond acceptors (Lipinski definition) is 8. The van der Waals surface area contributed by atoms with Gasteiger partial charge < -0.3 is 9.47 Å². The normalized spacial score (nSPS) is 16.5. The molecule has 1 unspecified atom stereocenters. The molecule has 1 rings (SSSR count). The Morgan fingerprint density at radius 3 is 1.56 bits per heavy atom. The van der Waals surface area contributed by atoms with Gasteiger partial charge in [0.2, 0.25) is 0 Å². The number of hydrogen-bond donors (Lipinski definition) is 0. The van der Waals surface area contributed by atoms with Gasteiger partial charge in [-0.2, -0.15) is 0 Å². The fourth-order valence-electron chi connectivity index (χ4n) is 2.06. The Kier molecular flexibility index (Phi) is 18.6. The Morgan fingerprint density at radius 2 is 1.31 bits per heavy atom. The van der Waals surface area contributed by atoms with Gasteiger partial charge in [-0.1, -0.05) is 20.8 Å². The van der Waals surface area contributed by atoms with Crippen molar-refractivity contribution in [3.05, 3.63) is 0 Å². The lowest BCUT2D eigenvalue weighted by atomic mass is 10.2. The van der Waals surface area contributed by atoms with E-state index in [2.05, 4.69) is 0 Å². The molecule has 0 amide bonds. The smallest absolute Gasteiger partial charge is 0.157 e. The minimum absolute atomic E-state index is 0.138. The molecule has 198 valence electrons. The number of sulfone groups is 3. The zero-order valence-corrected chi connectivity index (χ0v) is 24.4. The van der Waals surface area contributed by atoms with Crippen LogP contribution in [0.25, 0.3) is 0 Å². The standard InChI is InChI=1S/C7H14O3S.C7H16O3S.C5H12O2S.C2H6/c1-2-11(8,9)7-3-5-10-6-4-7;1-6(2)11(8,9)7(3)5-10-4;1-5(2,3)8(4,6)7;1-2/h7H,2-6H2,1H3;6-7H,5H2,1-4H3;1-4H3;1-2H3. The number of rotatable bonds is 6. The summed E-state index contributed by atoms with van der Waals surface area (Å²) >= 11 is 0. The zero-order chi connectivity index (χ0) is 26.4. The van der Waals surface area contributed by atoms with Crippen LogP contribution in [0, 0.1) is 0 Å². The molecule has 0 aliphatic carbocycles. The topological polar surface area (TPSA) is 121 Å². The lowest BCUT2D eigenvalue weighted by Gasteiger charge is -2.21. The fourth-order valence-corrected chi connectivity index (χ4v) is 4.70. The van der Waals surface area contributed by atoms with Gasteiger partial charge in [0.25, 0.3) is 0 Å². The summed E-state index contributed by atoms with van der Waals surface area (Å²) in [5.41, 5.74) is 0. The molecule has 0 aromatic carbocycles. The maximum Gasteiger partial charge on any atom is 0.157 e. The van der Waals surface area contributed by atoms with E-state index in [9.17, 15) is 25.3 Å². The van der Waals surface area contributed by atoms with E-state index < -0.39 is 39.5 Å². The maximum absolute atomic E-state index is 11.3. The molecule has 1 atom stereocenters. The van der Waals surface area contributed by atoms with Crippen molar-refractivity contribution in [1.29, 1.82) is 0 Å². The molecule has 1 fully saturated rings. The van der Waals surface area contributed by atoms with Crippen LogP contribution in [0.3, 0.4) is 0 Å². The first kappa shape index (κ1) is 36.3. The van der Waals surface area contributed by atoms with Crippen LogP contribution in [0.15, 0.2) is 0 Å². The van der Waals surface area contributed by atoms with E-state index in [1.165, 1.54) is 13.4 Å². The highest BCUT2D eigenvalue weighted by molar-refractivity contribution is 7.92. The zero-order valence-electron chi connectivity index (χ0n) is 22.0. The Hall–Kier alpha value is -0.230. The van der Waals surface area contributed by atoms with E-state index in [4.69, 9.17) is 9.47 Å². The predicted octanol–water partition coefficient (Wildman–Crippen LogP) is 3.30. The molecule has 1 aliphatic rings. The first-order valence-electron chi connectivity index (χ1n) is 11.0. The van der Waals surface area contributed by atoms with Gasteiger partial charge in [-0.3, -0.25) is 0 Å². The van der Waals surface area contributed by atoms with Gasteiger partial charge in [0.1, 0.15) is 0 Å². The first-order chi connectivity index (χ1) is 14.3. The van der Waals surface area contributed by atoms with Crippen molar-refractivity contribution in [2.45, 2.75) is 95.7 Å². The molecule has 32 heavy (non-hydrogen) atoms. The predicted molar refractivity (Wildman–Crippen MR) is 135 cm³/mol. The van der Waals surface area contributed by atoms with E-state index in [0.717, 1.165) is 0 Å². The molecule has 1 heterocycles. The van der Waals surface area contributed by atoms with Crippen LogP contribution in [0.4, 0.5) is 0 Å². The summed E-state index contributed by atoms with van der Waals surface area (Å²) in [6, 6.07) is 0. The molecule has 0 saturated carbocycles. The number of ether oxygens (including phenoxy) is 2. The third-order valence-corrected chi connectivity index (χ3v) is 11.9. The van der Waals surface area contributed by atoms with Crippen LogP contribution in [0.2, 0.25) is 0 Å². The maximum atomic E-state index is 11.3. The Morgan fingerprint density at radius 1 is 0.938 bits per heavy atom. The molecule has 0 N–H and O–H groups in total. The van der Waals surface area contributed by atoms with Gasteiger partial charge in [-0.25, -0.2) is 25.3 Å². The molecule has 0 radical (unpaired) electrons. The van der Waals surface area contributed by atoms with E-state index in [1.54, 1.807) is 48.5 Å². The van der Waals surface area contributed by atoms with E-state index in [1.807, 2.05) is 13.8 Å². The minimum atomic E-state index is -2.96. The summed E-state index contributed by atoms with van der Waals surface area (Å²) in [6.07, 6.45) is 2.60. The molecule has 0 bridgehead atoms. The molecular weight excluding hydrogens is 476 g/mol. The molecule has 8 nitrogen and oxygen atoms in total. The summed E-state index contributed by atoms with van der Waals surface area (Å²) in [5, 5.41) is -0.846. The first-order valence-corrected chi connectivity index (χ1v) is 16.3. The lowest BCUT2D eigenvalue weighted by molar-refractivity contribution is 0.0984. The Bertz CT molecular complexity index is 771. The highest BCUT2D eigenvalue weighted by Gasteiger charge is 2.26. The fraction of sp³-hybridized carbons (Fsp3) is 1.00. The van der Waals surface area contributed by atoms with Crippen LogP contribution in [-0.2, 0) is 39.0 Å². The van der Waals surface area contributed by atoms with Crippen LogP contribution < -0.4 is 0 Å². The Labute approximate surface area is 198 Å². The van der Waals surface area contributed by atoms with Crippen molar-refractivity contribution < 1.29 is 34.7 Å². The van der Waals surface area contributed by atoms with Crippen molar-refractivity contribution in [2.24, 2.45) is 0 Å². The molecule has 0 aromatic heterocycles. The van der Waals surface area contributed by atoms with Crippen molar-refractivity contribution in [3.63, 3.8) is 0 Å². The van der Waals surface area contributed by atoms with Crippen LogP contribution >= 0.6 is 0 Å². The average Bonchev–Trinajstić information content (AvgIpc) is 2.69. The van der Waals surface area contributed by atoms with Crippen LogP contribution in [0.1, 0.15) is 75.2 Å². The second kappa shape index (κ2) is 16.4. The molecule has 11 heteroatoms. The van der Waals surface area contributed by atoms with E-state index in [-0.39, 0.29) is 22.9 Å². The van der Waals surface area contributed by atoms with Gasteiger partial charge >= 0.3 is 0 Å². The molecule has 0 spiro atoms. The monoisotopic (exact) mass is 524 g/mol. The van der Waals surface area contributed by atoms with Crippen LogP contribution in [0.5, 0.6) is 0 Å². The molecular formula is C21H48O8S3. The Balaban J connectivity index is -0.000000384. The summed E-state index contributed by atoms with van der Waals surface area (Å²) in [7, 11) is -7.10.